The Labute approximate surface area is 53.4 Å². The van der Waals surface area contributed by atoms with Crippen molar-refractivity contribution in [2.75, 3.05) is 0 Å². The smallest absolute Gasteiger partial charge is 0.114 e. The largest absolute Gasteiger partial charge is 0.391 e. The van der Waals surface area contributed by atoms with E-state index in [2.05, 4.69) is 0 Å². The summed E-state index contributed by atoms with van der Waals surface area (Å²) in [7, 11) is 5.35. The molecular weight excluding hydrogens is 119 g/mol. The van der Waals surface area contributed by atoms with Gasteiger partial charge in [-0.3, -0.25) is 0 Å². The third kappa shape index (κ3) is 1.11. The lowest BCUT2D eigenvalue weighted by atomic mass is 10.0. The van der Waals surface area contributed by atoms with Gasteiger partial charge in [0.2, 0.25) is 0 Å². The molecule has 0 unspecified atom stereocenters. The van der Waals surface area contributed by atoms with Gasteiger partial charge in [-0.05, 0) is 5.38 Å². The summed E-state index contributed by atoms with van der Waals surface area (Å²) in [4.78, 5) is 0.919. The molecule has 0 aliphatic heterocycles. The molecule has 0 saturated carbocycles. The molecule has 1 aromatic heterocycles. The molecule has 1 aromatic rings. The summed E-state index contributed by atoms with van der Waals surface area (Å²) in [5.41, 5.74) is 0.735. The maximum atomic E-state index is 8.51. The van der Waals surface area contributed by atoms with Gasteiger partial charge in [0.05, 0.1) is 6.61 Å². The molecule has 0 atom stereocenters. The molecule has 40 valence electrons. The summed E-state index contributed by atoms with van der Waals surface area (Å²) in [5.74, 6) is 0. The Hall–Kier alpha value is -0.275. The average Bonchev–Trinajstić information content (AvgIpc) is 2.14. The summed E-state index contributed by atoms with van der Waals surface area (Å²) in [5, 5.41) is 10.3. The molecule has 0 aromatic carbocycles. The fourth-order valence-electron chi connectivity index (χ4n) is 0.481. The summed E-state index contributed by atoms with van der Waals surface area (Å²) in [6.07, 6.45) is 0. The van der Waals surface area contributed by atoms with Gasteiger partial charge in [-0.2, -0.15) is 0 Å². The van der Waals surface area contributed by atoms with Gasteiger partial charge in [-0.1, -0.05) is 11.5 Å². The minimum absolute atomic E-state index is 0.0991. The molecule has 3 heteroatoms. The summed E-state index contributed by atoms with van der Waals surface area (Å²) >= 11 is 1.47. The highest BCUT2D eigenvalue weighted by Gasteiger charge is 1.90. The van der Waals surface area contributed by atoms with Crippen LogP contribution in [0.5, 0.6) is 0 Å². The normalized spacial score (nSPS) is 9.62. The summed E-state index contributed by atoms with van der Waals surface area (Å²) < 4.78 is 0. The van der Waals surface area contributed by atoms with Crippen LogP contribution < -0.4 is 5.46 Å². The van der Waals surface area contributed by atoms with E-state index in [4.69, 9.17) is 13.0 Å². The van der Waals surface area contributed by atoms with Crippen molar-refractivity contribution in [2.24, 2.45) is 0 Å². The Kier molecular flexibility index (Phi) is 1.71. The Balaban J connectivity index is 2.84. The van der Waals surface area contributed by atoms with Crippen molar-refractivity contribution in [1.29, 1.82) is 0 Å². The molecule has 0 spiro atoms. The molecule has 2 radical (unpaired) electrons. The van der Waals surface area contributed by atoms with E-state index in [1.807, 2.05) is 5.38 Å². The number of hydrogen-bond donors (Lipinski definition) is 1. The minimum atomic E-state index is 0.0991. The lowest BCUT2D eigenvalue weighted by Gasteiger charge is -1.80. The highest BCUT2D eigenvalue weighted by Crippen LogP contribution is 2.03. The Bertz CT molecular complexity index is 173. The first kappa shape index (κ1) is 5.85. The molecule has 1 heterocycles. The van der Waals surface area contributed by atoms with Crippen molar-refractivity contribution in [3.8, 4) is 0 Å². The van der Waals surface area contributed by atoms with Crippen molar-refractivity contribution >= 4 is 24.6 Å². The zero-order valence-electron chi connectivity index (χ0n) is 4.29. The molecule has 1 N–H and O–H groups in total. The van der Waals surface area contributed by atoms with E-state index >= 15 is 0 Å². The Morgan fingerprint density at radius 2 is 2.50 bits per heavy atom. The maximum absolute atomic E-state index is 8.51. The fourth-order valence-corrected chi connectivity index (χ4v) is 1.11. The molecule has 0 fully saturated rings. The van der Waals surface area contributed by atoms with Crippen molar-refractivity contribution in [2.45, 2.75) is 6.61 Å². The van der Waals surface area contributed by atoms with E-state index in [9.17, 15) is 0 Å². The molecule has 0 amide bonds. The van der Waals surface area contributed by atoms with Crippen LogP contribution in [0.15, 0.2) is 11.4 Å². The minimum Gasteiger partial charge on any atom is -0.391 e. The van der Waals surface area contributed by atoms with Gasteiger partial charge in [0, 0.05) is 4.88 Å². The van der Waals surface area contributed by atoms with E-state index in [0.717, 1.165) is 10.3 Å². The van der Waals surface area contributed by atoms with Gasteiger partial charge in [0.1, 0.15) is 7.85 Å². The average molecular weight is 124 g/mol. The van der Waals surface area contributed by atoms with Crippen LogP contribution >= 0.6 is 11.3 Å². The number of hydrogen-bond acceptors (Lipinski definition) is 2. The van der Waals surface area contributed by atoms with Crippen molar-refractivity contribution in [1.82, 2.24) is 0 Å². The molecule has 0 bridgehead atoms. The van der Waals surface area contributed by atoms with Crippen LogP contribution in [0, 0.1) is 0 Å². The van der Waals surface area contributed by atoms with Gasteiger partial charge >= 0.3 is 0 Å². The topological polar surface area (TPSA) is 20.2 Å². The SMILES string of the molecule is [B]c1csc(CO)c1. The molecule has 1 rings (SSSR count). The first-order valence-electron chi connectivity index (χ1n) is 2.26. The van der Waals surface area contributed by atoms with Crippen LogP contribution in [0.4, 0.5) is 0 Å². The van der Waals surface area contributed by atoms with Crippen LogP contribution in [0.25, 0.3) is 0 Å². The predicted octanol–water partition coefficient (Wildman–Crippen LogP) is 0.0342. The van der Waals surface area contributed by atoms with Crippen molar-refractivity contribution in [3.05, 3.63) is 16.3 Å². The molecular formula is C5H5BOS. The molecule has 8 heavy (non-hydrogen) atoms. The van der Waals surface area contributed by atoms with E-state index in [-0.39, 0.29) is 6.61 Å². The van der Waals surface area contributed by atoms with E-state index < -0.39 is 0 Å². The van der Waals surface area contributed by atoms with E-state index in [0.29, 0.717) is 0 Å². The highest BCUT2D eigenvalue weighted by atomic mass is 32.1. The standard InChI is InChI=1S/C5H5BOS/c6-4-1-5(2-7)8-3-4/h1,3,7H,2H2. The first-order chi connectivity index (χ1) is 3.83. The molecule has 0 saturated heterocycles. The summed E-state index contributed by atoms with van der Waals surface area (Å²) in [6.45, 7) is 0.0991. The first-order valence-corrected chi connectivity index (χ1v) is 3.14. The maximum Gasteiger partial charge on any atom is 0.114 e. The van der Waals surface area contributed by atoms with Crippen LogP contribution in [0.1, 0.15) is 4.88 Å². The monoisotopic (exact) mass is 124 g/mol. The number of thiophene rings is 1. The second-order valence-corrected chi connectivity index (χ2v) is 2.50. The zero-order chi connectivity index (χ0) is 5.98. The highest BCUT2D eigenvalue weighted by molar-refractivity contribution is 7.10. The van der Waals surface area contributed by atoms with Crippen LogP contribution in [0.2, 0.25) is 0 Å². The third-order valence-electron chi connectivity index (χ3n) is 0.830. The Morgan fingerprint density at radius 3 is 2.75 bits per heavy atom. The van der Waals surface area contributed by atoms with E-state index in [1.165, 1.54) is 11.3 Å². The lowest BCUT2D eigenvalue weighted by Crippen LogP contribution is -1.93. The third-order valence-corrected chi connectivity index (χ3v) is 1.77. The van der Waals surface area contributed by atoms with Crippen LogP contribution in [0.3, 0.4) is 0 Å². The number of aliphatic hydroxyl groups is 1. The molecule has 0 aliphatic rings. The molecule has 1 nitrogen and oxygen atoms in total. The molecule has 0 aliphatic carbocycles. The number of aliphatic hydroxyl groups excluding tert-OH is 1. The van der Waals surface area contributed by atoms with Gasteiger partial charge in [-0.25, -0.2) is 0 Å². The van der Waals surface area contributed by atoms with Crippen molar-refractivity contribution in [3.63, 3.8) is 0 Å². The van der Waals surface area contributed by atoms with Gasteiger partial charge < -0.3 is 5.11 Å². The summed E-state index contributed by atoms with van der Waals surface area (Å²) in [6, 6.07) is 1.77. The van der Waals surface area contributed by atoms with Crippen molar-refractivity contribution < 1.29 is 5.11 Å². The van der Waals surface area contributed by atoms with Gasteiger partial charge in [-0.15, -0.1) is 11.3 Å². The number of rotatable bonds is 1. The second kappa shape index (κ2) is 2.33. The Morgan fingerprint density at radius 1 is 1.75 bits per heavy atom. The van der Waals surface area contributed by atoms with Crippen LogP contribution in [-0.2, 0) is 6.61 Å². The predicted molar refractivity (Wildman–Crippen MR) is 35.6 cm³/mol. The second-order valence-electron chi connectivity index (χ2n) is 1.50. The van der Waals surface area contributed by atoms with Gasteiger partial charge in [0.15, 0.2) is 0 Å². The fraction of sp³-hybridized carbons (Fsp3) is 0.200. The van der Waals surface area contributed by atoms with Gasteiger partial charge in [0.25, 0.3) is 0 Å². The quantitative estimate of drug-likeness (QED) is 0.524. The van der Waals surface area contributed by atoms with Crippen LogP contribution in [-0.4, -0.2) is 13.0 Å². The zero-order valence-corrected chi connectivity index (χ0v) is 5.11. The van der Waals surface area contributed by atoms with E-state index in [1.54, 1.807) is 6.07 Å². The lowest BCUT2D eigenvalue weighted by molar-refractivity contribution is 0.285.